The molecule has 1 fully saturated rings. The quantitative estimate of drug-likeness (QED) is 0.690. The first-order chi connectivity index (χ1) is 5.86. The molecule has 1 aliphatic rings. The topological polar surface area (TPSA) is 17.1 Å². The van der Waals surface area contributed by atoms with Crippen molar-refractivity contribution in [2.45, 2.75) is 6.42 Å². The molecule has 0 amide bonds. The van der Waals surface area contributed by atoms with E-state index in [2.05, 4.69) is 12.1 Å². The molecule has 1 aromatic rings. The van der Waals surface area contributed by atoms with Crippen LogP contribution in [0.5, 0.6) is 0 Å². The van der Waals surface area contributed by atoms with Gasteiger partial charge in [0, 0.05) is 11.7 Å². The highest BCUT2D eigenvalue weighted by Gasteiger charge is 2.28. The molecule has 2 rings (SSSR count). The van der Waals surface area contributed by atoms with Gasteiger partial charge in [0.2, 0.25) is 0 Å². The molecule has 1 aromatic carbocycles. The number of carbonyl (C=O) groups excluding carboxylic acids is 1. The first-order valence-electron chi connectivity index (χ1n) is 4.07. The minimum Gasteiger partial charge on any atom is -0.287 e. The van der Waals surface area contributed by atoms with Crippen molar-refractivity contribution in [3.8, 4) is 0 Å². The van der Waals surface area contributed by atoms with Crippen LogP contribution in [0.2, 0.25) is 0 Å². The summed E-state index contributed by atoms with van der Waals surface area (Å²) in [5, 5.41) is 0.360. The van der Waals surface area contributed by atoms with Crippen LogP contribution in [0, 0.1) is 5.92 Å². The molecule has 0 bridgehead atoms. The van der Waals surface area contributed by atoms with E-state index in [0.29, 0.717) is 5.12 Å². The molecule has 0 spiro atoms. The lowest BCUT2D eigenvalue weighted by Crippen LogP contribution is -2.26. The van der Waals surface area contributed by atoms with E-state index >= 15 is 0 Å². The van der Waals surface area contributed by atoms with Gasteiger partial charge in [-0.1, -0.05) is 42.1 Å². The highest BCUT2D eigenvalue weighted by Crippen LogP contribution is 2.29. The van der Waals surface area contributed by atoms with Crippen LogP contribution in [0.4, 0.5) is 0 Å². The molecule has 62 valence electrons. The molecule has 0 N–H and O–H groups in total. The number of hydrogen-bond donors (Lipinski definition) is 0. The van der Waals surface area contributed by atoms with E-state index in [9.17, 15) is 4.79 Å². The van der Waals surface area contributed by atoms with Gasteiger partial charge >= 0.3 is 0 Å². The average Bonchev–Trinajstić information content (AvgIpc) is 2.14. The zero-order chi connectivity index (χ0) is 8.39. The van der Waals surface area contributed by atoms with Gasteiger partial charge < -0.3 is 0 Å². The molecule has 1 unspecified atom stereocenters. The number of hydrogen-bond acceptors (Lipinski definition) is 2. The highest BCUT2D eigenvalue weighted by molar-refractivity contribution is 8.15. The summed E-state index contributed by atoms with van der Waals surface area (Å²) in [6.07, 6.45) is 0.923. The normalized spacial score (nSPS) is 22.0. The summed E-state index contributed by atoms with van der Waals surface area (Å²) < 4.78 is 0. The van der Waals surface area contributed by atoms with Crippen molar-refractivity contribution in [2.24, 2.45) is 5.92 Å². The summed E-state index contributed by atoms with van der Waals surface area (Å²) in [5.41, 5.74) is 1.27. The minimum atomic E-state index is 0.289. The van der Waals surface area contributed by atoms with Gasteiger partial charge in [0.25, 0.3) is 0 Å². The second-order valence-corrected chi connectivity index (χ2v) is 4.04. The highest BCUT2D eigenvalue weighted by atomic mass is 32.2. The van der Waals surface area contributed by atoms with Gasteiger partial charge in [0.05, 0.1) is 0 Å². The standard InChI is InChI=1S/C10H10OS/c11-10-9(7-12-10)6-8-4-2-1-3-5-8/h1-5,9H,6-7H2. The van der Waals surface area contributed by atoms with Crippen LogP contribution in [-0.4, -0.2) is 10.9 Å². The van der Waals surface area contributed by atoms with Gasteiger partial charge in [-0.25, -0.2) is 0 Å². The number of rotatable bonds is 2. The van der Waals surface area contributed by atoms with E-state index < -0.39 is 0 Å². The van der Waals surface area contributed by atoms with Gasteiger partial charge in [0.1, 0.15) is 0 Å². The smallest absolute Gasteiger partial charge is 0.193 e. The van der Waals surface area contributed by atoms with Gasteiger partial charge in [0.15, 0.2) is 5.12 Å². The largest absolute Gasteiger partial charge is 0.287 e. The van der Waals surface area contributed by atoms with Gasteiger partial charge in [-0.3, -0.25) is 4.79 Å². The van der Waals surface area contributed by atoms with Crippen LogP contribution in [-0.2, 0) is 11.2 Å². The summed E-state index contributed by atoms with van der Waals surface area (Å²) in [4.78, 5) is 11.0. The molecule has 1 aliphatic heterocycles. The molecule has 1 atom stereocenters. The Morgan fingerprint density at radius 1 is 1.33 bits per heavy atom. The SMILES string of the molecule is O=C1SCC1Cc1ccccc1. The molecule has 1 saturated heterocycles. The fourth-order valence-electron chi connectivity index (χ4n) is 1.31. The van der Waals surface area contributed by atoms with Crippen LogP contribution in [0.15, 0.2) is 30.3 Å². The lowest BCUT2D eigenvalue weighted by atomic mass is 10.0. The summed E-state index contributed by atoms with van der Waals surface area (Å²) in [7, 11) is 0. The lowest BCUT2D eigenvalue weighted by Gasteiger charge is -2.22. The Balaban J connectivity index is 2.00. The Bertz CT molecular complexity index is 281. The van der Waals surface area contributed by atoms with Gasteiger partial charge in [-0.2, -0.15) is 0 Å². The van der Waals surface area contributed by atoms with Crippen LogP contribution in [0.1, 0.15) is 5.56 Å². The Hall–Kier alpha value is -0.760. The van der Waals surface area contributed by atoms with Crippen molar-refractivity contribution >= 4 is 16.9 Å². The summed E-state index contributed by atoms with van der Waals surface area (Å²) in [6.45, 7) is 0. The predicted octanol–water partition coefficient (Wildman–Crippen LogP) is 2.12. The van der Waals surface area contributed by atoms with Crippen molar-refractivity contribution in [1.82, 2.24) is 0 Å². The van der Waals surface area contributed by atoms with Crippen molar-refractivity contribution in [3.05, 3.63) is 35.9 Å². The van der Waals surface area contributed by atoms with Crippen molar-refractivity contribution in [3.63, 3.8) is 0 Å². The summed E-state index contributed by atoms with van der Waals surface area (Å²) in [5.74, 6) is 1.30. The van der Waals surface area contributed by atoms with Gasteiger partial charge in [-0.15, -0.1) is 0 Å². The fraction of sp³-hybridized carbons (Fsp3) is 0.300. The number of thioether (sulfide) groups is 1. The van der Waals surface area contributed by atoms with E-state index in [-0.39, 0.29) is 5.92 Å². The van der Waals surface area contributed by atoms with Crippen LogP contribution in [0.25, 0.3) is 0 Å². The number of carbonyl (C=O) groups is 1. The Kier molecular flexibility index (Phi) is 2.17. The van der Waals surface area contributed by atoms with E-state index in [1.54, 1.807) is 0 Å². The molecular formula is C10H10OS. The molecule has 12 heavy (non-hydrogen) atoms. The molecule has 0 aromatic heterocycles. The lowest BCUT2D eigenvalue weighted by molar-refractivity contribution is -0.115. The second kappa shape index (κ2) is 3.31. The second-order valence-electron chi connectivity index (χ2n) is 3.02. The Morgan fingerprint density at radius 2 is 2.08 bits per heavy atom. The van der Waals surface area contributed by atoms with Crippen molar-refractivity contribution in [2.75, 3.05) is 5.75 Å². The molecule has 0 saturated carbocycles. The maximum absolute atomic E-state index is 11.0. The zero-order valence-corrected chi connectivity index (χ0v) is 7.51. The fourth-order valence-corrected chi connectivity index (χ4v) is 2.05. The van der Waals surface area contributed by atoms with Crippen molar-refractivity contribution < 1.29 is 4.79 Å². The summed E-state index contributed by atoms with van der Waals surface area (Å²) >= 11 is 1.45. The average molecular weight is 178 g/mol. The van der Waals surface area contributed by atoms with E-state index in [0.717, 1.165) is 12.2 Å². The third-order valence-corrected chi connectivity index (χ3v) is 3.27. The maximum atomic E-state index is 11.0. The van der Waals surface area contributed by atoms with Gasteiger partial charge in [-0.05, 0) is 12.0 Å². The molecule has 0 aliphatic carbocycles. The molecule has 0 radical (unpaired) electrons. The Morgan fingerprint density at radius 3 is 2.58 bits per heavy atom. The molecule has 2 heteroatoms. The van der Waals surface area contributed by atoms with Crippen LogP contribution < -0.4 is 0 Å². The Labute approximate surface area is 76.2 Å². The van der Waals surface area contributed by atoms with Crippen molar-refractivity contribution in [1.29, 1.82) is 0 Å². The maximum Gasteiger partial charge on any atom is 0.193 e. The zero-order valence-electron chi connectivity index (χ0n) is 6.69. The van der Waals surface area contributed by atoms with E-state index in [1.807, 2.05) is 18.2 Å². The molecular weight excluding hydrogens is 168 g/mol. The first-order valence-corrected chi connectivity index (χ1v) is 5.05. The van der Waals surface area contributed by atoms with Crippen LogP contribution >= 0.6 is 11.8 Å². The molecule has 1 heterocycles. The molecule has 1 nitrogen and oxygen atoms in total. The predicted molar refractivity (Wildman–Crippen MR) is 51.1 cm³/mol. The minimum absolute atomic E-state index is 0.289. The third kappa shape index (κ3) is 1.53. The number of benzene rings is 1. The third-order valence-electron chi connectivity index (χ3n) is 2.09. The van der Waals surface area contributed by atoms with E-state index in [4.69, 9.17) is 0 Å². The summed E-state index contributed by atoms with van der Waals surface area (Å²) in [6, 6.07) is 10.2. The van der Waals surface area contributed by atoms with Crippen LogP contribution in [0.3, 0.4) is 0 Å². The van der Waals surface area contributed by atoms with E-state index in [1.165, 1.54) is 17.3 Å². The monoisotopic (exact) mass is 178 g/mol. The first kappa shape index (κ1) is 7.87.